The first-order valence-electron chi connectivity index (χ1n) is 9.13. The molecule has 27 heavy (non-hydrogen) atoms. The number of likely N-dealkylation sites (N-methyl/N-ethyl adjacent to an activating group) is 1. The molecule has 0 aliphatic rings. The van der Waals surface area contributed by atoms with E-state index in [4.69, 9.17) is 0 Å². The summed E-state index contributed by atoms with van der Waals surface area (Å²) >= 11 is 0. The molecule has 0 atom stereocenters. The Morgan fingerprint density at radius 1 is 1.11 bits per heavy atom. The van der Waals surface area contributed by atoms with Gasteiger partial charge >= 0.3 is 0 Å². The number of hydrogen-bond donors (Lipinski definition) is 2. The highest BCUT2D eigenvalue weighted by molar-refractivity contribution is 5.95. The fourth-order valence-corrected chi connectivity index (χ4v) is 3.20. The second-order valence-corrected chi connectivity index (χ2v) is 6.80. The molecule has 2 N–H and O–H groups in total. The maximum Gasteiger partial charge on any atom is 0.253 e. The minimum absolute atomic E-state index is 0.0301. The number of benzene rings is 2. The Bertz CT molecular complexity index is 908. The Morgan fingerprint density at radius 3 is 2.48 bits per heavy atom. The summed E-state index contributed by atoms with van der Waals surface area (Å²) in [5, 5.41) is 10.3. The Morgan fingerprint density at radius 2 is 1.85 bits per heavy atom. The molecular weight excluding hydrogens is 336 g/mol. The van der Waals surface area contributed by atoms with Gasteiger partial charge in [0.25, 0.3) is 5.91 Å². The highest BCUT2D eigenvalue weighted by Gasteiger charge is 2.14. The summed E-state index contributed by atoms with van der Waals surface area (Å²) in [5.74, 6) is 0.0301. The number of carbonyl (C=O) groups is 1. The van der Waals surface area contributed by atoms with Gasteiger partial charge in [0.2, 0.25) is 0 Å². The smallest absolute Gasteiger partial charge is 0.253 e. The predicted octanol–water partition coefficient (Wildman–Crippen LogP) is 4.05. The third-order valence-electron chi connectivity index (χ3n) is 4.94. The van der Waals surface area contributed by atoms with Gasteiger partial charge in [-0.2, -0.15) is 5.10 Å². The molecule has 2 aromatic carbocycles. The molecule has 0 bridgehead atoms. The molecule has 0 spiro atoms. The van der Waals surface area contributed by atoms with Crippen molar-refractivity contribution in [3.8, 4) is 11.1 Å². The van der Waals surface area contributed by atoms with Crippen LogP contribution in [0.25, 0.3) is 11.1 Å². The van der Waals surface area contributed by atoms with Crippen LogP contribution < -0.4 is 5.32 Å². The average molecular weight is 362 g/mol. The van der Waals surface area contributed by atoms with Crippen molar-refractivity contribution in [1.29, 1.82) is 0 Å². The van der Waals surface area contributed by atoms with Gasteiger partial charge in [0.15, 0.2) is 0 Å². The van der Waals surface area contributed by atoms with Crippen LogP contribution in [0.2, 0.25) is 0 Å². The lowest BCUT2D eigenvalue weighted by Crippen LogP contribution is -2.29. The van der Waals surface area contributed by atoms with Gasteiger partial charge in [-0.3, -0.25) is 9.89 Å². The van der Waals surface area contributed by atoms with Crippen LogP contribution >= 0.6 is 0 Å². The van der Waals surface area contributed by atoms with Crippen molar-refractivity contribution in [3.05, 3.63) is 71.0 Å². The van der Waals surface area contributed by atoms with Crippen molar-refractivity contribution in [2.45, 2.75) is 20.3 Å². The molecule has 1 heterocycles. The highest BCUT2D eigenvalue weighted by atomic mass is 16.2. The molecule has 0 aliphatic carbocycles. The summed E-state index contributed by atoms with van der Waals surface area (Å²) in [7, 11) is 3.75. The van der Waals surface area contributed by atoms with Crippen LogP contribution in [-0.2, 0) is 6.42 Å². The lowest BCUT2D eigenvalue weighted by atomic mass is 10.0. The van der Waals surface area contributed by atoms with Gasteiger partial charge in [-0.15, -0.1) is 0 Å². The highest BCUT2D eigenvalue weighted by Crippen LogP contribution is 2.23. The topological polar surface area (TPSA) is 61.0 Å². The van der Waals surface area contributed by atoms with E-state index in [1.54, 1.807) is 4.90 Å². The minimum Gasteiger partial charge on any atom is -0.388 e. The van der Waals surface area contributed by atoms with Gasteiger partial charge in [-0.25, -0.2) is 0 Å². The third kappa shape index (κ3) is 4.19. The quantitative estimate of drug-likeness (QED) is 0.695. The standard InChI is InChI=1S/C22H26N4O/c1-15-21(16(2)25-24-15)12-13-26(4)22(27)19-7-5-6-18(14-19)17-8-10-20(23-3)11-9-17/h5-11,14,23H,12-13H2,1-4H3,(H,24,25). The number of hydrogen-bond acceptors (Lipinski definition) is 3. The van der Waals surface area contributed by atoms with Crippen LogP contribution in [0.4, 0.5) is 5.69 Å². The summed E-state index contributed by atoms with van der Waals surface area (Å²) in [5.41, 5.74) is 7.16. The largest absolute Gasteiger partial charge is 0.388 e. The van der Waals surface area contributed by atoms with Crippen LogP contribution in [0.15, 0.2) is 48.5 Å². The number of carbonyl (C=O) groups excluding carboxylic acids is 1. The molecule has 0 aliphatic heterocycles. The fraction of sp³-hybridized carbons (Fsp3) is 0.273. The maximum atomic E-state index is 12.9. The monoisotopic (exact) mass is 362 g/mol. The molecule has 5 nitrogen and oxygen atoms in total. The Kier molecular flexibility index (Phi) is 5.60. The van der Waals surface area contributed by atoms with E-state index >= 15 is 0 Å². The molecule has 0 saturated carbocycles. The first kappa shape index (κ1) is 18.7. The van der Waals surface area contributed by atoms with Crippen LogP contribution in [-0.4, -0.2) is 41.6 Å². The summed E-state index contributed by atoms with van der Waals surface area (Å²) in [6.07, 6.45) is 0.793. The summed E-state index contributed by atoms with van der Waals surface area (Å²) in [4.78, 5) is 14.6. The van der Waals surface area contributed by atoms with E-state index in [9.17, 15) is 4.79 Å². The number of nitrogens with zero attached hydrogens (tertiary/aromatic N) is 2. The predicted molar refractivity (Wildman–Crippen MR) is 110 cm³/mol. The number of aromatic amines is 1. The van der Waals surface area contributed by atoms with Crippen LogP contribution in [0, 0.1) is 13.8 Å². The first-order valence-corrected chi connectivity index (χ1v) is 9.13. The summed E-state index contributed by atoms with van der Waals surface area (Å²) < 4.78 is 0. The number of aryl methyl sites for hydroxylation is 2. The SMILES string of the molecule is CNc1ccc(-c2cccc(C(=O)N(C)CCc3c(C)n[nH]c3C)c2)cc1. The molecule has 0 radical (unpaired) electrons. The third-order valence-corrected chi connectivity index (χ3v) is 4.94. The molecule has 140 valence electrons. The number of amides is 1. The van der Waals surface area contributed by atoms with Crippen LogP contribution in [0.3, 0.4) is 0 Å². The zero-order valence-electron chi connectivity index (χ0n) is 16.3. The van der Waals surface area contributed by atoms with E-state index in [0.29, 0.717) is 12.1 Å². The van der Waals surface area contributed by atoms with E-state index in [1.165, 1.54) is 5.56 Å². The average Bonchev–Trinajstić information content (AvgIpc) is 3.03. The molecule has 3 rings (SSSR count). The molecule has 0 saturated heterocycles. The van der Waals surface area contributed by atoms with E-state index in [0.717, 1.165) is 34.6 Å². The van der Waals surface area contributed by atoms with Gasteiger partial charge in [0.1, 0.15) is 0 Å². The van der Waals surface area contributed by atoms with Crippen molar-refractivity contribution in [1.82, 2.24) is 15.1 Å². The summed E-state index contributed by atoms with van der Waals surface area (Å²) in [6, 6.07) is 16.0. The second-order valence-electron chi connectivity index (χ2n) is 6.80. The van der Waals surface area contributed by atoms with Gasteiger partial charge in [0, 0.05) is 37.6 Å². The van der Waals surface area contributed by atoms with Crippen LogP contribution in [0.1, 0.15) is 27.3 Å². The van der Waals surface area contributed by atoms with Crippen LogP contribution in [0.5, 0.6) is 0 Å². The van der Waals surface area contributed by atoms with E-state index in [2.05, 4.69) is 27.6 Å². The fourth-order valence-electron chi connectivity index (χ4n) is 3.20. The van der Waals surface area contributed by atoms with Gasteiger partial charge in [-0.1, -0.05) is 24.3 Å². The molecule has 1 aromatic heterocycles. The Hall–Kier alpha value is -3.08. The van der Waals surface area contributed by atoms with E-state index < -0.39 is 0 Å². The normalized spacial score (nSPS) is 10.7. The van der Waals surface area contributed by atoms with Gasteiger partial charge in [-0.05, 0) is 61.2 Å². The Balaban J connectivity index is 1.72. The lowest BCUT2D eigenvalue weighted by Gasteiger charge is -2.18. The second kappa shape index (κ2) is 8.08. The molecule has 0 unspecified atom stereocenters. The molecule has 5 heteroatoms. The molecule has 3 aromatic rings. The summed E-state index contributed by atoms with van der Waals surface area (Å²) in [6.45, 7) is 4.66. The lowest BCUT2D eigenvalue weighted by molar-refractivity contribution is 0.0796. The zero-order chi connectivity index (χ0) is 19.4. The molecule has 0 fully saturated rings. The van der Waals surface area contributed by atoms with Crippen molar-refractivity contribution < 1.29 is 4.79 Å². The number of H-pyrrole nitrogens is 1. The van der Waals surface area contributed by atoms with E-state index in [-0.39, 0.29) is 5.91 Å². The number of rotatable bonds is 6. The zero-order valence-corrected chi connectivity index (χ0v) is 16.3. The van der Waals surface area contributed by atoms with Crippen molar-refractivity contribution in [2.75, 3.05) is 26.0 Å². The minimum atomic E-state index is 0.0301. The van der Waals surface area contributed by atoms with Gasteiger partial charge in [0.05, 0.1) is 5.69 Å². The van der Waals surface area contributed by atoms with Crippen molar-refractivity contribution in [2.24, 2.45) is 0 Å². The Labute approximate surface area is 160 Å². The number of anilines is 1. The maximum absolute atomic E-state index is 12.9. The molecular formula is C22H26N4O. The number of nitrogens with one attached hydrogen (secondary N) is 2. The number of aromatic nitrogens is 2. The van der Waals surface area contributed by atoms with Crippen molar-refractivity contribution in [3.63, 3.8) is 0 Å². The molecule has 1 amide bonds. The van der Waals surface area contributed by atoms with E-state index in [1.807, 2.05) is 64.3 Å². The van der Waals surface area contributed by atoms with Gasteiger partial charge < -0.3 is 10.2 Å². The van der Waals surface area contributed by atoms with Crippen molar-refractivity contribution >= 4 is 11.6 Å². The first-order chi connectivity index (χ1) is 13.0.